The van der Waals surface area contributed by atoms with Crippen molar-refractivity contribution in [2.24, 2.45) is 0 Å². The Morgan fingerprint density at radius 3 is 2.62 bits per heavy atom. The maximum Gasteiger partial charge on any atom is 0.254 e. The van der Waals surface area contributed by atoms with Gasteiger partial charge in [0.15, 0.2) is 0 Å². The van der Waals surface area contributed by atoms with E-state index in [-0.39, 0.29) is 5.91 Å². The first kappa shape index (κ1) is 10.5. The standard InChI is InChI=1S/C14H13NO/c1-2-12-8-10-15(11-9-12)14(16)13-6-4-3-5-7-13/h1,3-8H,9-11H2. The normalized spacial score (nSPS) is 15.2. The number of nitrogens with zero attached hydrogens (tertiary/aromatic N) is 1. The highest BCUT2D eigenvalue weighted by atomic mass is 16.2. The molecule has 1 aliphatic heterocycles. The van der Waals surface area contributed by atoms with E-state index in [1.807, 2.05) is 41.3 Å². The minimum Gasteiger partial charge on any atom is -0.335 e. The molecule has 1 aliphatic rings. The molecule has 0 aliphatic carbocycles. The molecule has 0 spiro atoms. The molecule has 0 fully saturated rings. The molecule has 0 aromatic heterocycles. The van der Waals surface area contributed by atoms with E-state index in [1.165, 1.54) is 0 Å². The number of benzene rings is 1. The van der Waals surface area contributed by atoms with Crippen molar-refractivity contribution in [2.75, 3.05) is 13.1 Å². The maximum atomic E-state index is 12.0. The van der Waals surface area contributed by atoms with Crippen LogP contribution in [-0.4, -0.2) is 23.9 Å². The van der Waals surface area contributed by atoms with E-state index in [0.717, 1.165) is 17.6 Å². The Kier molecular flexibility index (Phi) is 3.07. The molecule has 0 saturated heterocycles. The van der Waals surface area contributed by atoms with Gasteiger partial charge in [0.05, 0.1) is 0 Å². The molecule has 2 nitrogen and oxygen atoms in total. The van der Waals surface area contributed by atoms with Gasteiger partial charge in [-0.15, -0.1) is 6.42 Å². The molecule has 0 N–H and O–H groups in total. The second-order valence-electron chi connectivity index (χ2n) is 3.74. The van der Waals surface area contributed by atoms with Crippen molar-refractivity contribution < 1.29 is 4.79 Å². The van der Waals surface area contributed by atoms with Gasteiger partial charge in [0.1, 0.15) is 0 Å². The van der Waals surface area contributed by atoms with Gasteiger partial charge in [-0.3, -0.25) is 4.79 Å². The second-order valence-corrected chi connectivity index (χ2v) is 3.74. The monoisotopic (exact) mass is 211 g/mol. The van der Waals surface area contributed by atoms with Crippen molar-refractivity contribution in [3.05, 3.63) is 47.5 Å². The summed E-state index contributed by atoms with van der Waals surface area (Å²) in [6.07, 6.45) is 8.05. The van der Waals surface area contributed by atoms with Crippen LogP contribution in [0.2, 0.25) is 0 Å². The zero-order valence-corrected chi connectivity index (χ0v) is 9.02. The fraction of sp³-hybridized carbons (Fsp3) is 0.214. The molecular weight excluding hydrogens is 198 g/mol. The highest BCUT2D eigenvalue weighted by molar-refractivity contribution is 5.94. The van der Waals surface area contributed by atoms with Crippen LogP contribution in [0.1, 0.15) is 16.8 Å². The average molecular weight is 211 g/mol. The molecule has 1 heterocycles. The number of rotatable bonds is 1. The smallest absolute Gasteiger partial charge is 0.254 e. The van der Waals surface area contributed by atoms with E-state index in [4.69, 9.17) is 6.42 Å². The van der Waals surface area contributed by atoms with Crippen molar-refractivity contribution in [1.29, 1.82) is 0 Å². The highest BCUT2D eigenvalue weighted by Crippen LogP contribution is 2.12. The third kappa shape index (κ3) is 2.14. The zero-order valence-electron chi connectivity index (χ0n) is 9.02. The summed E-state index contributed by atoms with van der Waals surface area (Å²) in [5, 5.41) is 0. The van der Waals surface area contributed by atoms with Gasteiger partial charge in [-0.25, -0.2) is 0 Å². The summed E-state index contributed by atoms with van der Waals surface area (Å²) in [6, 6.07) is 9.33. The van der Waals surface area contributed by atoms with E-state index in [2.05, 4.69) is 5.92 Å². The summed E-state index contributed by atoms with van der Waals surface area (Å²) in [5.41, 5.74) is 1.73. The van der Waals surface area contributed by atoms with E-state index in [0.29, 0.717) is 13.1 Å². The molecule has 0 saturated carbocycles. The van der Waals surface area contributed by atoms with Crippen LogP contribution in [-0.2, 0) is 0 Å². The predicted octanol–water partition coefficient (Wildman–Crippen LogP) is 2.09. The van der Waals surface area contributed by atoms with Crippen LogP contribution in [0.25, 0.3) is 0 Å². The van der Waals surface area contributed by atoms with Gasteiger partial charge in [-0.05, 0) is 18.6 Å². The number of carbonyl (C=O) groups is 1. The average Bonchev–Trinajstić information content (AvgIpc) is 2.39. The lowest BCUT2D eigenvalue weighted by atomic mass is 10.1. The largest absolute Gasteiger partial charge is 0.335 e. The predicted molar refractivity (Wildman–Crippen MR) is 63.9 cm³/mol. The lowest BCUT2D eigenvalue weighted by molar-refractivity contribution is 0.0770. The number of hydrogen-bond acceptors (Lipinski definition) is 1. The first-order valence-electron chi connectivity index (χ1n) is 5.31. The Labute approximate surface area is 95.6 Å². The van der Waals surface area contributed by atoms with Crippen LogP contribution in [0.3, 0.4) is 0 Å². The van der Waals surface area contributed by atoms with Crippen LogP contribution in [0.5, 0.6) is 0 Å². The quantitative estimate of drug-likeness (QED) is 0.651. The van der Waals surface area contributed by atoms with Crippen LogP contribution in [0.15, 0.2) is 42.0 Å². The minimum atomic E-state index is 0.0768. The van der Waals surface area contributed by atoms with Crippen molar-refractivity contribution in [3.63, 3.8) is 0 Å². The lowest BCUT2D eigenvalue weighted by Crippen LogP contribution is -2.34. The number of terminal acetylenes is 1. The molecule has 2 rings (SSSR count). The summed E-state index contributed by atoms with van der Waals surface area (Å²) in [5.74, 6) is 2.70. The van der Waals surface area contributed by atoms with Crippen LogP contribution >= 0.6 is 0 Å². The molecule has 0 unspecified atom stereocenters. The first-order chi connectivity index (χ1) is 7.81. The number of hydrogen-bond donors (Lipinski definition) is 0. The van der Waals surface area contributed by atoms with Gasteiger partial charge in [0, 0.05) is 24.2 Å². The van der Waals surface area contributed by atoms with Gasteiger partial charge in [-0.2, -0.15) is 0 Å². The molecule has 1 aromatic carbocycles. The Hall–Kier alpha value is -2.01. The van der Waals surface area contributed by atoms with E-state index < -0.39 is 0 Å². The fourth-order valence-corrected chi connectivity index (χ4v) is 1.75. The van der Waals surface area contributed by atoms with Crippen molar-refractivity contribution in [2.45, 2.75) is 6.42 Å². The summed E-state index contributed by atoms with van der Waals surface area (Å²) >= 11 is 0. The molecule has 2 heteroatoms. The summed E-state index contributed by atoms with van der Waals surface area (Å²) < 4.78 is 0. The van der Waals surface area contributed by atoms with Gasteiger partial charge in [0.2, 0.25) is 0 Å². The van der Waals surface area contributed by atoms with Crippen molar-refractivity contribution in [3.8, 4) is 12.3 Å². The molecule has 80 valence electrons. The van der Waals surface area contributed by atoms with Crippen molar-refractivity contribution >= 4 is 5.91 Å². The molecule has 1 amide bonds. The summed E-state index contributed by atoms with van der Waals surface area (Å²) in [7, 11) is 0. The van der Waals surface area contributed by atoms with E-state index in [9.17, 15) is 4.79 Å². The third-order valence-electron chi connectivity index (χ3n) is 2.70. The third-order valence-corrected chi connectivity index (χ3v) is 2.70. The second kappa shape index (κ2) is 4.67. The Balaban J connectivity index is 2.09. The van der Waals surface area contributed by atoms with E-state index in [1.54, 1.807) is 0 Å². The van der Waals surface area contributed by atoms with Crippen molar-refractivity contribution in [1.82, 2.24) is 4.90 Å². The number of amides is 1. The molecule has 16 heavy (non-hydrogen) atoms. The Morgan fingerprint density at radius 2 is 2.06 bits per heavy atom. The highest BCUT2D eigenvalue weighted by Gasteiger charge is 2.17. The lowest BCUT2D eigenvalue weighted by Gasteiger charge is -2.25. The first-order valence-corrected chi connectivity index (χ1v) is 5.31. The Bertz CT molecular complexity index is 453. The molecule has 0 radical (unpaired) electrons. The van der Waals surface area contributed by atoms with Crippen LogP contribution < -0.4 is 0 Å². The topological polar surface area (TPSA) is 20.3 Å². The van der Waals surface area contributed by atoms with Gasteiger partial charge in [0.25, 0.3) is 5.91 Å². The SMILES string of the molecule is C#CC1=CCN(C(=O)c2ccccc2)CC1. The van der Waals surface area contributed by atoms with E-state index >= 15 is 0 Å². The van der Waals surface area contributed by atoms with Gasteiger partial charge >= 0.3 is 0 Å². The minimum absolute atomic E-state index is 0.0768. The number of carbonyl (C=O) groups excluding carboxylic acids is 1. The fourth-order valence-electron chi connectivity index (χ4n) is 1.75. The summed E-state index contributed by atoms with van der Waals surface area (Å²) in [6.45, 7) is 1.33. The Morgan fingerprint density at radius 1 is 1.31 bits per heavy atom. The summed E-state index contributed by atoms with van der Waals surface area (Å²) in [4.78, 5) is 13.9. The molecular formula is C14H13NO. The molecule has 1 aromatic rings. The zero-order chi connectivity index (χ0) is 11.4. The molecule has 0 bridgehead atoms. The van der Waals surface area contributed by atoms with Gasteiger partial charge < -0.3 is 4.90 Å². The van der Waals surface area contributed by atoms with Crippen LogP contribution in [0.4, 0.5) is 0 Å². The molecule has 0 atom stereocenters. The van der Waals surface area contributed by atoms with Gasteiger partial charge in [-0.1, -0.05) is 30.2 Å². The van der Waals surface area contributed by atoms with Crippen LogP contribution in [0, 0.1) is 12.3 Å². The maximum absolute atomic E-state index is 12.0.